The number of aromatic nitrogens is 2. The van der Waals surface area contributed by atoms with Gasteiger partial charge in [-0.25, -0.2) is 0 Å². The van der Waals surface area contributed by atoms with Crippen LogP contribution in [0.15, 0.2) is 6.07 Å². The largest absolute Gasteiger partial charge is 0.371 e. The van der Waals surface area contributed by atoms with Crippen LogP contribution in [0.2, 0.25) is 1.41 Å². The standard InChI is InChI=1S/C15H24N6O/c16-8-13-14(20-5-3-17-4-6-20)7-15(19-18-13)21-9-11-1-2-12(10-21)22-11/h7,11-12,17H,1-6,8-10,16H2/i/hD. The Hall–Kier alpha value is -1.44. The van der Waals surface area contributed by atoms with Crippen molar-refractivity contribution in [1.29, 1.82) is 0 Å². The first kappa shape index (κ1) is 13.0. The van der Waals surface area contributed by atoms with Gasteiger partial charge in [-0.05, 0) is 12.8 Å². The Bertz CT molecular complexity index is 553. The van der Waals surface area contributed by atoms with Gasteiger partial charge in [0, 0.05) is 51.9 Å². The van der Waals surface area contributed by atoms with Gasteiger partial charge in [0.15, 0.2) is 5.82 Å². The number of nitrogens with one attached hydrogen (secondary N) is 1. The molecule has 0 saturated carbocycles. The maximum Gasteiger partial charge on any atom is 0.153 e. The third-order valence-electron chi connectivity index (χ3n) is 4.79. The first-order chi connectivity index (χ1) is 11.2. The minimum Gasteiger partial charge on any atom is -0.371 e. The summed E-state index contributed by atoms with van der Waals surface area (Å²) in [4.78, 5) is 4.57. The predicted octanol–water partition coefficient (Wildman–Crippen LogP) is -0.287. The van der Waals surface area contributed by atoms with Crippen LogP contribution in [0, 0.1) is 0 Å². The van der Waals surface area contributed by atoms with Crippen LogP contribution in [0.3, 0.4) is 0 Å². The molecule has 22 heavy (non-hydrogen) atoms. The number of hydrogen-bond acceptors (Lipinski definition) is 7. The van der Waals surface area contributed by atoms with Crippen LogP contribution in [0.4, 0.5) is 11.5 Å². The molecule has 3 aliphatic rings. The summed E-state index contributed by atoms with van der Waals surface area (Å²) in [5, 5.41) is 10.4. The lowest BCUT2D eigenvalue weighted by Crippen LogP contribution is -2.45. The molecule has 7 heteroatoms. The van der Waals surface area contributed by atoms with Gasteiger partial charge in [0.2, 0.25) is 0 Å². The topological polar surface area (TPSA) is 79.5 Å². The number of ether oxygens (including phenoxy) is 1. The van der Waals surface area contributed by atoms with Gasteiger partial charge in [-0.2, -0.15) is 0 Å². The van der Waals surface area contributed by atoms with Crippen LogP contribution in [0.5, 0.6) is 0 Å². The van der Waals surface area contributed by atoms with E-state index in [1.807, 2.05) is 0 Å². The summed E-state index contributed by atoms with van der Waals surface area (Å²) >= 11 is 0. The SMILES string of the molecule is [2H]N1CCN(c2cc(N3CC4CCC(C3)O4)nnc2CN)CC1. The average molecular weight is 305 g/mol. The Morgan fingerprint density at radius 3 is 2.64 bits per heavy atom. The summed E-state index contributed by atoms with van der Waals surface area (Å²) in [6.07, 6.45) is 2.96. The zero-order valence-electron chi connectivity index (χ0n) is 13.8. The number of fused-ring (bicyclic) bond motifs is 2. The molecule has 0 spiro atoms. The fourth-order valence-corrected chi connectivity index (χ4v) is 3.62. The van der Waals surface area contributed by atoms with E-state index in [1.165, 1.54) is 0 Å². The summed E-state index contributed by atoms with van der Waals surface area (Å²) in [5.41, 5.74) is 7.77. The summed E-state index contributed by atoms with van der Waals surface area (Å²) in [6, 6.07) is 2.12. The molecule has 4 heterocycles. The highest BCUT2D eigenvalue weighted by Gasteiger charge is 2.34. The van der Waals surface area contributed by atoms with Gasteiger partial charge in [-0.1, -0.05) is 0 Å². The Morgan fingerprint density at radius 2 is 1.95 bits per heavy atom. The minimum absolute atomic E-state index is 0.333. The molecule has 0 radical (unpaired) electrons. The van der Waals surface area contributed by atoms with Crippen LogP contribution >= 0.6 is 0 Å². The second-order valence-electron chi connectivity index (χ2n) is 6.26. The van der Waals surface area contributed by atoms with Crippen LogP contribution in [0.25, 0.3) is 0 Å². The van der Waals surface area contributed by atoms with Crippen LogP contribution < -0.4 is 20.8 Å². The highest BCUT2D eigenvalue weighted by atomic mass is 16.5. The van der Waals surface area contributed by atoms with Crippen LogP contribution in [-0.2, 0) is 11.3 Å². The molecule has 0 aromatic carbocycles. The molecule has 0 aliphatic carbocycles. The molecule has 4 rings (SSSR count). The minimum atomic E-state index is 0.333. The zero-order chi connectivity index (χ0) is 15.8. The molecule has 1 aromatic heterocycles. The lowest BCUT2D eigenvalue weighted by molar-refractivity contribution is 0.0302. The first-order valence-corrected chi connectivity index (χ1v) is 8.19. The molecule has 3 fully saturated rings. The lowest BCUT2D eigenvalue weighted by Gasteiger charge is -2.34. The van der Waals surface area contributed by atoms with Crippen LogP contribution in [-0.4, -0.2) is 61.7 Å². The van der Waals surface area contributed by atoms with Crippen molar-refractivity contribution in [3.8, 4) is 0 Å². The molecule has 7 nitrogen and oxygen atoms in total. The van der Waals surface area contributed by atoms with Gasteiger partial charge < -0.3 is 25.6 Å². The van der Waals surface area contributed by atoms with Crippen LogP contribution in [0.1, 0.15) is 18.5 Å². The third-order valence-corrected chi connectivity index (χ3v) is 4.79. The molecular formula is C15H24N6O. The second kappa shape index (κ2) is 5.98. The molecule has 120 valence electrons. The Balaban J connectivity index is 1.58. The quantitative estimate of drug-likeness (QED) is 0.794. The van der Waals surface area contributed by atoms with Crippen molar-refractivity contribution in [3.05, 3.63) is 11.8 Å². The number of rotatable bonds is 3. The van der Waals surface area contributed by atoms with Crippen molar-refractivity contribution in [2.24, 2.45) is 5.73 Å². The molecular weight excluding hydrogens is 280 g/mol. The summed E-state index contributed by atoms with van der Waals surface area (Å²) in [5.74, 6) is 0.922. The highest BCUT2D eigenvalue weighted by molar-refractivity contribution is 5.58. The number of anilines is 2. The molecule has 3 N–H and O–H groups in total. The van der Waals surface area contributed by atoms with Gasteiger partial charge in [0.05, 0.1) is 17.9 Å². The average Bonchev–Trinajstić information content (AvgIpc) is 2.93. The number of hydrogen-bond donors (Lipinski definition) is 2. The number of piperazine rings is 1. The van der Waals surface area contributed by atoms with E-state index in [4.69, 9.17) is 11.9 Å². The van der Waals surface area contributed by atoms with Gasteiger partial charge in [0.25, 0.3) is 0 Å². The Labute approximate surface area is 132 Å². The lowest BCUT2D eigenvalue weighted by atomic mass is 10.2. The van der Waals surface area contributed by atoms with E-state index in [9.17, 15) is 0 Å². The van der Waals surface area contributed by atoms with E-state index < -0.39 is 0 Å². The van der Waals surface area contributed by atoms with E-state index in [2.05, 4.69) is 26.1 Å². The maximum atomic E-state index is 7.71. The number of nitrogens with zero attached hydrogens (tertiary/aromatic N) is 4. The van der Waals surface area contributed by atoms with Crippen molar-refractivity contribution in [3.63, 3.8) is 0 Å². The van der Waals surface area contributed by atoms with E-state index >= 15 is 0 Å². The molecule has 0 amide bonds. The second-order valence-corrected chi connectivity index (χ2v) is 6.26. The smallest absolute Gasteiger partial charge is 0.153 e. The Morgan fingerprint density at radius 1 is 1.23 bits per heavy atom. The number of nitrogens with two attached hydrogens (primary N) is 1. The summed E-state index contributed by atoms with van der Waals surface area (Å²) in [7, 11) is 0. The van der Waals surface area contributed by atoms with E-state index in [0.29, 0.717) is 18.8 Å². The fourth-order valence-electron chi connectivity index (χ4n) is 3.62. The maximum absolute atomic E-state index is 7.71. The van der Waals surface area contributed by atoms with Gasteiger partial charge >= 0.3 is 0 Å². The van der Waals surface area contributed by atoms with Crippen molar-refractivity contribution < 1.29 is 6.15 Å². The number of morpholine rings is 1. The van der Waals surface area contributed by atoms with E-state index in [-0.39, 0.29) is 0 Å². The van der Waals surface area contributed by atoms with E-state index in [1.54, 1.807) is 5.31 Å². The summed E-state index contributed by atoms with van der Waals surface area (Å²) < 4.78 is 13.6. The monoisotopic (exact) mass is 305 g/mol. The highest BCUT2D eigenvalue weighted by Crippen LogP contribution is 2.30. The summed E-state index contributed by atoms with van der Waals surface area (Å²) in [6.45, 7) is 5.32. The van der Waals surface area contributed by atoms with Crippen molar-refractivity contribution >= 4 is 11.5 Å². The third kappa shape index (κ3) is 2.64. The molecule has 3 saturated heterocycles. The first-order valence-electron chi connectivity index (χ1n) is 8.63. The zero-order valence-corrected chi connectivity index (χ0v) is 12.8. The molecule has 1 aromatic rings. The molecule has 2 atom stereocenters. The van der Waals surface area contributed by atoms with Gasteiger partial charge in [0.1, 0.15) is 7.11 Å². The van der Waals surface area contributed by atoms with Gasteiger partial charge in [-0.3, -0.25) is 0 Å². The fraction of sp³-hybridized carbons (Fsp3) is 0.733. The predicted molar refractivity (Wildman–Crippen MR) is 85.1 cm³/mol. The van der Waals surface area contributed by atoms with Gasteiger partial charge in [-0.15, -0.1) is 10.2 Å². The van der Waals surface area contributed by atoms with Crippen molar-refractivity contribution in [2.75, 3.05) is 49.1 Å². The molecule has 2 unspecified atom stereocenters. The van der Waals surface area contributed by atoms with Crippen molar-refractivity contribution in [1.82, 2.24) is 15.5 Å². The molecule has 3 aliphatic heterocycles. The van der Waals surface area contributed by atoms with E-state index in [0.717, 1.165) is 69.3 Å². The Kier molecular flexibility index (Phi) is 3.55. The van der Waals surface area contributed by atoms with Crippen molar-refractivity contribution in [2.45, 2.75) is 31.6 Å². The molecule has 2 bridgehead atoms. The normalized spacial score (nSPS) is 29.8.